The summed E-state index contributed by atoms with van der Waals surface area (Å²) in [6.45, 7) is 6.55. The molecule has 1 saturated heterocycles. The predicted molar refractivity (Wildman–Crippen MR) is 77.1 cm³/mol. The van der Waals surface area contributed by atoms with Crippen molar-refractivity contribution in [3.8, 4) is 0 Å². The zero-order valence-corrected chi connectivity index (χ0v) is 13.5. The Hall–Kier alpha value is -1.77. The third-order valence-electron chi connectivity index (χ3n) is 3.30. The van der Waals surface area contributed by atoms with Crippen LogP contribution in [0.4, 0.5) is 9.59 Å². The predicted octanol–water partition coefficient (Wildman–Crippen LogP) is 1.11. The highest BCUT2D eigenvalue weighted by Crippen LogP contribution is 2.18. The summed E-state index contributed by atoms with van der Waals surface area (Å²) in [4.78, 5) is 34.6. The summed E-state index contributed by atoms with van der Waals surface area (Å²) >= 11 is 0. The zero-order chi connectivity index (χ0) is 16.2. The summed E-state index contributed by atoms with van der Waals surface area (Å²) in [5.74, 6) is -2.09. The topological polar surface area (TPSA) is 116 Å². The van der Waals surface area contributed by atoms with E-state index in [1.54, 1.807) is 0 Å². The maximum Gasteiger partial charge on any atom is 0.407 e. The normalized spacial score (nSPS) is 22.0. The maximum atomic E-state index is 11.7. The van der Waals surface area contributed by atoms with Gasteiger partial charge in [0, 0.05) is 21.2 Å². The third kappa shape index (κ3) is 5.62. The minimum Gasteiger partial charge on any atom is -0.481 e. The van der Waals surface area contributed by atoms with Gasteiger partial charge in [-0.2, -0.15) is 0 Å². The molecule has 0 spiro atoms. The van der Waals surface area contributed by atoms with Crippen molar-refractivity contribution in [2.45, 2.75) is 31.7 Å². The van der Waals surface area contributed by atoms with E-state index in [0.29, 0.717) is 0 Å². The first kappa shape index (κ1) is 17.3. The van der Waals surface area contributed by atoms with Crippen molar-refractivity contribution in [3.05, 3.63) is 0 Å². The van der Waals surface area contributed by atoms with E-state index < -0.39 is 38.2 Å². The Labute approximate surface area is 124 Å². The lowest BCUT2D eigenvalue weighted by molar-refractivity contribution is -0.141. The van der Waals surface area contributed by atoms with Crippen molar-refractivity contribution in [3.63, 3.8) is 0 Å². The molecule has 0 bridgehead atoms. The fraction of sp³-hybridized carbons (Fsp3) is 0.750. The Kier molecular flexibility index (Phi) is 5.59. The van der Waals surface area contributed by atoms with Crippen LogP contribution in [-0.4, -0.2) is 67.1 Å². The number of carboxylic acid groups (broad SMARTS) is 2. The number of likely N-dealkylation sites (tertiary alicyclic amines) is 1. The van der Waals surface area contributed by atoms with Crippen LogP contribution in [0.1, 0.15) is 0 Å². The number of ether oxygens (including phenoxy) is 1. The summed E-state index contributed by atoms with van der Waals surface area (Å²) < 4.78 is 5.03. The van der Waals surface area contributed by atoms with Crippen LogP contribution in [0, 0.1) is 5.92 Å². The van der Waals surface area contributed by atoms with Crippen LogP contribution in [0.25, 0.3) is 0 Å². The molecule has 1 fully saturated rings. The molecule has 2 atom stereocenters. The summed E-state index contributed by atoms with van der Waals surface area (Å²) in [6.07, 6.45) is -1.89. The maximum absolute atomic E-state index is 11.7. The second-order valence-electron chi connectivity index (χ2n) is 6.33. The monoisotopic (exact) mass is 318 g/mol. The fourth-order valence-corrected chi connectivity index (χ4v) is 2.71. The van der Waals surface area contributed by atoms with Crippen molar-refractivity contribution < 1.29 is 29.3 Å². The van der Waals surface area contributed by atoms with E-state index in [0.717, 1.165) is 10.9 Å². The average molecular weight is 318 g/mol. The molecule has 21 heavy (non-hydrogen) atoms. The number of amides is 2. The lowest BCUT2D eigenvalue weighted by Gasteiger charge is -2.18. The van der Waals surface area contributed by atoms with Gasteiger partial charge in [-0.1, -0.05) is 19.6 Å². The number of alkyl carbamates (subject to hydrolysis) is 1. The molecule has 0 radical (unpaired) electrons. The van der Waals surface area contributed by atoms with Crippen LogP contribution < -0.4 is 5.32 Å². The molecule has 0 saturated carbocycles. The smallest absolute Gasteiger partial charge is 0.407 e. The van der Waals surface area contributed by atoms with E-state index in [9.17, 15) is 14.4 Å². The first-order valence-electron chi connectivity index (χ1n) is 6.74. The Balaban J connectivity index is 2.49. The number of aliphatic carboxylic acids is 1. The number of rotatable bonds is 5. The molecule has 1 aliphatic heterocycles. The molecule has 2 amide bonds. The molecule has 1 aliphatic rings. The number of nitrogens with zero attached hydrogens (tertiary/aromatic N) is 1. The number of carboxylic acids is 1. The highest BCUT2D eigenvalue weighted by Gasteiger charge is 2.40. The first-order valence-corrected chi connectivity index (χ1v) is 10.4. The quantitative estimate of drug-likeness (QED) is 0.654. The van der Waals surface area contributed by atoms with Gasteiger partial charge in [0.05, 0.1) is 18.6 Å². The highest BCUT2D eigenvalue weighted by atomic mass is 28.3. The van der Waals surface area contributed by atoms with E-state index in [1.807, 2.05) is 0 Å². The van der Waals surface area contributed by atoms with E-state index >= 15 is 0 Å². The van der Waals surface area contributed by atoms with Gasteiger partial charge >= 0.3 is 18.2 Å². The van der Waals surface area contributed by atoms with Crippen LogP contribution >= 0.6 is 0 Å². The van der Waals surface area contributed by atoms with E-state index in [-0.39, 0.29) is 19.7 Å². The van der Waals surface area contributed by atoms with Crippen molar-refractivity contribution in [2.24, 2.45) is 5.92 Å². The fourth-order valence-electron chi connectivity index (χ4n) is 2.00. The summed E-state index contributed by atoms with van der Waals surface area (Å²) in [6, 6.07) is 0.0484. The van der Waals surface area contributed by atoms with Gasteiger partial charge in [-0.05, 0) is 6.04 Å². The SMILES string of the molecule is C[Si](C)(C)CCOC(=O)N[C@@H]1CN(C(=O)O)C[C@H]1C(=O)O. The lowest BCUT2D eigenvalue weighted by Crippen LogP contribution is -2.43. The van der Waals surface area contributed by atoms with Crippen molar-refractivity contribution >= 4 is 26.2 Å². The molecule has 1 rings (SSSR count). The van der Waals surface area contributed by atoms with Gasteiger partial charge in [-0.25, -0.2) is 9.59 Å². The Bertz CT molecular complexity index is 422. The van der Waals surface area contributed by atoms with E-state index in [1.165, 1.54) is 0 Å². The molecule has 0 unspecified atom stereocenters. The van der Waals surface area contributed by atoms with Crippen LogP contribution in [0.5, 0.6) is 0 Å². The third-order valence-corrected chi connectivity index (χ3v) is 5.00. The number of carbonyl (C=O) groups is 3. The standard InChI is InChI=1S/C12H22N2O6Si/c1-21(2,3)5-4-20-11(17)13-9-7-14(12(18)19)6-8(9)10(15)16/h8-9H,4-7H2,1-3H3,(H,13,17)(H,15,16)(H,18,19)/t8-,9-/m1/s1. The van der Waals surface area contributed by atoms with Crippen LogP contribution in [0.2, 0.25) is 25.7 Å². The van der Waals surface area contributed by atoms with Gasteiger partial charge in [0.15, 0.2) is 0 Å². The Morgan fingerprint density at radius 3 is 2.33 bits per heavy atom. The van der Waals surface area contributed by atoms with E-state index in [4.69, 9.17) is 14.9 Å². The van der Waals surface area contributed by atoms with Gasteiger partial charge in [-0.15, -0.1) is 0 Å². The molecule has 0 aromatic rings. The minimum absolute atomic E-state index is 0.0462. The van der Waals surface area contributed by atoms with Crippen molar-refractivity contribution in [2.75, 3.05) is 19.7 Å². The average Bonchev–Trinajstić information content (AvgIpc) is 2.71. The molecule has 0 aromatic heterocycles. The summed E-state index contributed by atoms with van der Waals surface area (Å²) in [5.41, 5.74) is 0. The molecule has 3 N–H and O–H groups in total. The van der Waals surface area contributed by atoms with Gasteiger partial charge in [0.1, 0.15) is 0 Å². The molecule has 120 valence electrons. The highest BCUT2D eigenvalue weighted by molar-refractivity contribution is 6.76. The molecule has 0 aromatic carbocycles. The van der Waals surface area contributed by atoms with Gasteiger partial charge in [-0.3, -0.25) is 4.79 Å². The second-order valence-corrected chi connectivity index (χ2v) is 12.0. The molecule has 1 heterocycles. The van der Waals surface area contributed by atoms with Crippen LogP contribution in [-0.2, 0) is 9.53 Å². The summed E-state index contributed by atoms with van der Waals surface area (Å²) in [7, 11) is -1.31. The first-order chi connectivity index (χ1) is 9.60. The number of hydrogen-bond acceptors (Lipinski definition) is 4. The van der Waals surface area contributed by atoms with Crippen LogP contribution in [0.3, 0.4) is 0 Å². The lowest BCUT2D eigenvalue weighted by atomic mass is 10.0. The summed E-state index contributed by atoms with van der Waals surface area (Å²) in [5, 5.41) is 20.4. The molecular weight excluding hydrogens is 296 g/mol. The zero-order valence-electron chi connectivity index (χ0n) is 12.5. The number of nitrogens with one attached hydrogen (secondary N) is 1. The second kappa shape index (κ2) is 6.79. The Morgan fingerprint density at radius 2 is 1.86 bits per heavy atom. The van der Waals surface area contributed by atoms with Crippen molar-refractivity contribution in [1.82, 2.24) is 10.2 Å². The van der Waals surface area contributed by atoms with Gasteiger partial charge < -0.3 is 25.2 Å². The van der Waals surface area contributed by atoms with E-state index in [2.05, 4.69) is 25.0 Å². The van der Waals surface area contributed by atoms with Gasteiger partial charge in [0.25, 0.3) is 0 Å². The largest absolute Gasteiger partial charge is 0.481 e. The van der Waals surface area contributed by atoms with Crippen molar-refractivity contribution in [1.29, 1.82) is 0 Å². The number of carbonyl (C=O) groups excluding carboxylic acids is 1. The Morgan fingerprint density at radius 1 is 1.24 bits per heavy atom. The van der Waals surface area contributed by atoms with Crippen LogP contribution in [0.15, 0.2) is 0 Å². The molecule has 9 heteroatoms. The molecule has 0 aliphatic carbocycles. The molecule has 8 nitrogen and oxygen atoms in total. The number of hydrogen-bond donors (Lipinski definition) is 3. The minimum atomic E-state index is -1.31. The van der Waals surface area contributed by atoms with Gasteiger partial charge in [0.2, 0.25) is 0 Å². The molecular formula is C12H22N2O6Si.